The number of carbonyl (C=O) groups excluding carboxylic acids is 1. The third kappa shape index (κ3) is 2.65. The van der Waals surface area contributed by atoms with E-state index in [1.165, 1.54) is 6.07 Å². The highest BCUT2D eigenvalue weighted by atomic mass is 79.9. The molecule has 1 fully saturated rings. The number of rotatable bonds is 3. The second-order valence-corrected chi connectivity index (χ2v) is 4.76. The Morgan fingerprint density at radius 2 is 2.12 bits per heavy atom. The number of carboxylic acid groups (broad SMARTS) is 1. The first kappa shape index (κ1) is 12.1. The highest BCUT2D eigenvalue weighted by molar-refractivity contribution is 9.10. The molecule has 1 aliphatic heterocycles. The lowest BCUT2D eigenvalue weighted by molar-refractivity contribution is -0.121. The third-order valence-electron chi connectivity index (χ3n) is 2.62. The fourth-order valence-electron chi connectivity index (χ4n) is 1.52. The van der Waals surface area contributed by atoms with Crippen LogP contribution in [0.2, 0.25) is 0 Å². The molecule has 17 heavy (non-hydrogen) atoms. The van der Waals surface area contributed by atoms with Gasteiger partial charge in [-0.05, 0) is 18.2 Å². The standard InChI is InChI=1S/C11H11BrN2O3/c12-7-1-2-8(11(16)17)9(3-7)14-10(15)6-4-13-5-6/h1-3,6,13H,4-5H2,(H,14,15)(H,16,17). The van der Waals surface area contributed by atoms with Crippen LogP contribution < -0.4 is 10.6 Å². The summed E-state index contributed by atoms with van der Waals surface area (Å²) in [7, 11) is 0. The van der Waals surface area contributed by atoms with Crippen LogP contribution in [0.4, 0.5) is 5.69 Å². The molecule has 90 valence electrons. The number of hydrogen-bond donors (Lipinski definition) is 3. The van der Waals surface area contributed by atoms with Crippen LogP contribution in [0, 0.1) is 5.92 Å². The van der Waals surface area contributed by atoms with Crippen molar-refractivity contribution in [1.29, 1.82) is 0 Å². The number of carbonyl (C=O) groups is 2. The summed E-state index contributed by atoms with van der Waals surface area (Å²) >= 11 is 3.25. The summed E-state index contributed by atoms with van der Waals surface area (Å²) in [6, 6.07) is 4.68. The van der Waals surface area contributed by atoms with E-state index in [0.29, 0.717) is 18.8 Å². The molecule has 1 amide bonds. The van der Waals surface area contributed by atoms with Crippen molar-refractivity contribution in [3.05, 3.63) is 28.2 Å². The van der Waals surface area contributed by atoms with Gasteiger partial charge in [-0.2, -0.15) is 0 Å². The average Bonchev–Trinajstić information content (AvgIpc) is 2.13. The van der Waals surface area contributed by atoms with Gasteiger partial charge in [0.1, 0.15) is 0 Å². The van der Waals surface area contributed by atoms with Crippen LogP contribution in [0.1, 0.15) is 10.4 Å². The molecule has 0 bridgehead atoms. The Kier molecular flexibility index (Phi) is 3.44. The van der Waals surface area contributed by atoms with Crippen LogP contribution in [0.25, 0.3) is 0 Å². The fourth-order valence-corrected chi connectivity index (χ4v) is 1.88. The van der Waals surface area contributed by atoms with Crippen LogP contribution in [0.3, 0.4) is 0 Å². The first-order valence-corrected chi connectivity index (χ1v) is 5.91. The van der Waals surface area contributed by atoms with Gasteiger partial charge in [-0.1, -0.05) is 15.9 Å². The van der Waals surface area contributed by atoms with Gasteiger partial charge in [-0.25, -0.2) is 4.79 Å². The SMILES string of the molecule is O=C(O)c1ccc(Br)cc1NC(=O)C1CNC1. The molecule has 0 saturated carbocycles. The van der Waals surface area contributed by atoms with Crippen LogP contribution in [-0.4, -0.2) is 30.1 Å². The topological polar surface area (TPSA) is 78.4 Å². The second kappa shape index (κ2) is 4.85. The zero-order valence-electron chi connectivity index (χ0n) is 8.87. The van der Waals surface area contributed by atoms with E-state index in [9.17, 15) is 9.59 Å². The smallest absolute Gasteiger partial charge is 0.337 e. The van der Waals surface area contributed by atoms with Crippen LogP contribution in [0.15, 0.2) is 22.7 Å². The number of hydrogen-bond acceptors (Lipinski definition) is 3. The average molecular weight is 299 g/mol. The lowest BCUT2D eigenvalue weighted by Gasteiger charge is -2.26. The monoisotopic (exact) mass is 298 g/mol. The normalized spacial score (nSPS) is 15.1. The molecule has 0 aliphatic carbocycles. The van der Waals surface area contributed by atoms with E-state index in [-0.39, 0.29) is 17.4 Å². The summed E-state index contributed by atoms with van der Waals surface area (Å²) in [5, 5.41) is 14.6. The Hall–Kier alpha value is -1.40. The summed E-state index contributed by atoms with van der Waals surface area (Å²) in [4.78, 5) is 22.7. The van der Waals surface area contributed by atoms with Gasteiger partial charge in [0.05, 0.1) is 17.2 Å². The van der Waals surface area contributed by atoms with Gasteiger partial charge in [0.2, 0.25) is 5.91 Å². The van der Waals surface area contributed by atoms with Crippen molar-refractivity contribution >= 4 is 33.5 Å². The molecule has 0 unspecified atom stereocenters. The van der Waals surface area contributed by atoms with E-state index in [1.807, 2.05) is 0 Å². The van der Waals surface area contributed by atoms with Gasteiger partial charge in [-0.3, -0.25) is 4.79 Å². The minimum atomic E-state index is -1.06. The Labute approximate surface area is 106 Å². The molecule has 2 rings (SSSR count). The lowest BCUT2D eigenvalue weighted by Crippen LogP contribution is -2.48. The van der Waals surface area contributed by atoms with Gasteiger partial charge in [-0.15, -0.1) is 0 Å². The van der Waals surface area contributed by atoms with Crippen molar-refractivity contribution in [2.24, 2.45) is 5.92 Å². The molecule has 1 aliphatic rings. The lowest BCUT2D eigenvalue weighted by atomic mass is 10.0. The first-order chi connectivity index (χ1) is 8.08. The van der Waals surface area contributed by atoms with E-state index >= 15 is 0 Å². The molecular formula is C11H11BrN2O3. The molecule has 0 spiro atoms. The minimum absolute atomic E-state index is 0.0735. The largest absolute Gasteiger partial charge is 0.478 e. The van der Waals surface area contributed by atoms with Crippen molar-refractivity contribution in [3.8, 4) is 0 Å². The number of benzene rings is 1. The quantitative estimate of drug-likeness (QED) is 0.786. The number of anilines is 1. The predicted molar refractivity (Wildman–Crippen MR) is 66.1 cm³/mol. The number of carboxylic acids is 1. The van der Waals surface area contributed by atoms with E-state index < -0.39 is 5.97 Å². The number of nitrogens with one attached hydrogen (secondary N) is 2. The molecule has 0 radical (unpaired) electrons. The first-order valence-electron chi connectivity index (χ1n) is 5.12. The molecule has 1 aromatic carbocycles. The molecule has 5 nitrogen and oxygen atoms in total. The van der Waals surface area contributed by atoms with Crippen molar-refractivity contribution < 1.29 is 14.7 Å². The highest BCUT2D eigenvalue weighted by Crippen LogP contribution is 2.22. The Balaban J connectivity index is 2.20. The molecule has 6 heteroatoms. The fraction of sp³-hybridized carbons (Fsp3) is 0.273. The zero-order chi connectivity index (χ0) is 12.4. The van der Waals surface area contributed by atoms with Crippen molar-refractivity contribution in [2.75, 3.05) is 18.4 Å². The molecule has 0 atom stereocenters. The van der Waals surface area contributed by atoms with E-state index in [2.05, 4.69) is 26.6 Å². The van der Waals surface area contributed by atoms with E-state index in [0.717, 1.165) is 4.47 Å². The Morgan fingerprint density at radius 1 is 1.41 bits per heavy atom. The Morgan fingerprint density at radius 3 is 2.65 bits per heavy atom. The van der Waals surface area contributed by atoms with Gasteiger partial charge in [0.25, 0.3) is 0 Å². The van der Waals surface area contributed by atoms with Gasteiger partial charge in [0.15, 0.2) is 0 Å². The summed E-state index contributed by atoms with van der Waals surface area (Å²) in [6.07, 6.45) is 0. The molecule has 0 aromatic heterocycles. The molecule has 1 heterocycles. The van der Waals surface area contributed by atoms with Crippen molar-refractivity contribution in [3.63, 3.8) is 0 Å². The van der Waals surface area contributed by atoms with Crippen molar-refractivity contribution in [2.45, 2.75) is 0 Å². The maximum atomic E-state index is 11.7. The molecule has 1 aromatic rings. The number of halogens is 1. The number of amides is 1. The van der Waals surface area contributed by atoms with E-state index in [4.69, 9.17) is 5.11 Å². The van der Waals surface area contributed by atoms with Crippen LogP contribution >= 0.6 is 15.9 Å². The van der Waals surface area contributed by atoms with Crippen molar-refractivity contribution in [1.82, 2.24) is 5.32 Å². The molecule has 1 saturated heterocycles. The summed E-state index contributed by atoms with van der Waals surface area (Å²) in [5.74, 6) is -1.28. The predicted octanol–water partition coefficient (Wildman–Crippen LogP) is 1.31. The Bertz CT molecular complexity index is 472. The minimum Gasteiger partial charge on any atom is -0.478 e. The van der Waals surface area contributed by atoms with Crippen LogP contribution in [-0.2, 0) is 4.79 Å². The van der Waals surface area contributed by atoms with Gasteiger partial charge < -0.3 is 15.7 Å². The molecule has 3 N–H and O–H groups in total. The number of aromatic carboxylic acids is 1. The second-order valence-electron chi connectivity index (χ2n) is 3.84. The summed E-state index contributed by atoms with van der Waals surface area (Å²) in [5.41, 5.74) is 0.414. The highest BCUT2D eigenvalue weighted by Gasteiger charge is 2.25. The van der Waals surface area contributed by atoms with Gasteiger partial charge >= 0.3 is 5.97 Å². The summed E-state index contributed by atoms with van der Waals surface area (Å²) < 4.78 is 0.726. The van der Waals surface area contributed by atoms with Crippen LogP contribution in [0.5, 0.6) is 0 Å². The zero-order valence-corrected chi connectivity index (χ0v) is 10.5. The maximum Gasteiger partial charge on any atom is 0.337 e. The maximum absolute atomic E-state index is 11.7. The third-order valence-corrected chi connectivity index (χ3v) is 3.12. The van der Waals surface area contributed by atoms with Gasteiger partial charge in [0, 0.05) is 17.6 Å². The van der Waals surface area contributed by atoms with E-state index in [1.54, 1.807) is 12.1 Å². The molecular weight excluding hydrogens is 288 g/mol. The summed E-state index contributed by atoms with van der Waals surface area (Å²) in [6.45, 7) is 1.28.